The molecule has 17 heavy (non-hydrogen) atoms. The van der Waals surface area contributed by atoms with Crippen molar-refractivity contribution >= 4 is 11.6 Å². The molecule has 1 saturated carbocycles. The van der Waals surface area contributed by atoms with Crippen molar-refractivity contribution in [2.45, 2.75) is 18.9 Å². The number of anilines is 1. The minimum Gasteiger partial charge on any atom is -0.380 e. The van der Waals surface area contributed by atoms with Gasteiger partial charge in [0.25, 0.3) is 5.91 Å². The smallest absolute Gasteiger partial charge is 0.250 e. The fraction of sp³-hybridized carbons (Fsp3) is 0.417. The van der Waals surface area contributed by atoms with Crippen LogP contribution < -0.4 is 16.8 Å². The van der Waals surface area contributed by atoms with Crippen LogP contribution in [0.15, 0.2) is 18.2 Å². The molecule has 1 aromatic carbocycles. The standard InChI is InChI=1S/C12H16FN3O/c13-8-3-4-10(9(5-8)12(15)17)16-11(6-14)7-1-2-7/h3-5,7,11,16H,1-2,6,14H2,(H2,15,17). The number of carbonyl (C=O) groups is 1. The van der Waals surface area contributed by atoms with Crippen LogP contribution in [0.1, 0.15) is 23.2 Å². The molecule has 0 heterocycles. The molecule has 1 amide bonds. The van der Waals surface area contributed by atoms with E-state index in [1.165, 1.54) is 12.1 Å². The van der Waals surface area contributed by atoms with Crippen LogP contribution in [-0.4, -0.2) is 18.5 Å². The highest BCUT2D eigenvalue weighted by Gasteiger charge is 2.30. The van der Waals surface area contributed by atoms with E-state index in [0.29, 0.717) is 18.2 Å². The molecule has 0 bridgehead atoms. The van der Waals surface area contributed by atoms with E-state index in [1.807, 2.05) is 0 Å². The average molecular weight is 237 g/mol. The number of rotatable bonds is 5. The first-order valence-corrected chi connectivity index (χ1v) is 5.67. The lowest BCUT2D eigenvalue weighted by molar-refractivity contribution is 0.100. The monoisotopic (exact) mass is 237 g/mol. The van der Waals surface area contributed by atoms with Gasteiger partial charge in [0.15, 0.2) is 0 Å². The maximum absolute atomic E-state index is 13.0. The van der Waals surface area contributed by atoms with Crippen molar-refractivity contribution in [1.82, 2.24) is 0 Å². The van der Waals surface area contributed by atoms with Gasteiger partial charge in [0, 0.05) is 18.3 Å². The lowest BCUT2D eigenvalue weighted by Crippen LogP contribution is -2.32. The van der Waals surface area contributed by atoms with Gasteiger partial charge in [-0.3, -0.25) is 4.79 Å². The Morgan fingerprint density at radius 1 is 1.53 bits per heavy atom. The van der Waals surface area contributed by atoms with Crippen LogP contribution in [-0.2, 0) is 0 Å². The molecular formula is C12H16FN3O. The third-order valence-electron chi connectivity index (χ3n) is 3.03. The summed E-state index contributed by atoms with van der Waals surface area (Å²) in [5.74, 6) is -0.565. The molecule has 4 nitrogen and oxygen atoms in total. The summed E-state index contributed by atoms with van der Waals surface area (Å²) in [7, 11) is 0. The van der Waals surface area contributed by atoms with Crippen molar-refractivity contribution < 1.29 is 9.18 Å². The van der Waals surface area contributed by atoms with Gasteiger partial charge < -0.3 is 16.8 Å². The number of halogens is 1. The molecule has 1 unspecified atom stereocenters. The second-order valence-corrected chi connectivity index (χ2v) is 4.38. The second-order valence-electron chi connectivity index (χ2n) is 4.38. The first kappa shape index (κ1) is 11.9. The van der Waals surface area contributed by atoms with Gasteiger partial charge in [-0.2, -0.15) is 0 Å². The van der Waals surface area contributed by atoms with Crippen LogP contribution in [0, 0.1) is 11.7 Å². The van der Waals surface area contributed by atoms with Crippen LogP contribution >= 0.6 is 0 Å². The van der Waals surface area contributed by atoms with Crippen molar-refractivity contribution in [3.63, 3.8) is 0 Å². The molecule has 0 radical (unpaired) electrons. The van der Waals surface area contributed by atoms with Crippen molar-refractivity contribution in [2.24, 2.45) is 17.4 Å². The van der Waals surface area contributed by atoms with Gasteiger partial charge in [-0.25, -0.2) is 4.39 Å². The quantitative estimate of drug-likeness (QED) is 0.716. The minimum absolute atomic E-state index is 0.124. The Bertz CT molecular complexity index is 432. The molecule has 0 saturated heterocycles. The molecule has 1 fully saturated rings. The maximum Gasteiger partial charge on any atom is 0.250 e. The molecule has 1 atom stereocenters. The fourth-order valence-corrected chi connectivity index (χ4v) is 1.91. The van der Waals surface area contributed by atoms with Gasteiger partial charge in [-0.1, -0.05) is 0 Å². The maximum atomic E-state index is 13.0. The molecule has 0 aliphatic heterocycles. The van der Waals surface area contributed by atoms with E-state index >= 15 is 0 Å². The normalized spacial score (nSPS) is 16.6. The topological polar surface area (TPSA) is 81.1 Å². The summed E-state index contributed by atoms with van der Waals surface area (Å²) in [5, 5.41) is 3.18. The Balaban J connectivity index is 2.21. The molecule has 0 aromatic heterocycles. The van der Waals surface area contributed by atoms with Crippen LogP contribution in [0.5, 0.6) is 0 Å². The zero-order chi connectivity index (χ0) is 12.4. The molecule has 0 spiro atoms. The molecular weight excluding hydrogens is 221 g/mol. The molecule has 5 heteroatoms. The largest absolute Gasteiger partial charge is 0.380 e. The molecule has 5 N–H and O–H groups in total. The zero-order valence-electron chi connectivity index (χ0n) is 9.45. The number of amides is 1. The summed E-state index contributed by atoms with van der Waals surface area (Å²) in [4.78, 5) is 11.2. The van der Waals surface area contributed by atoms with Crippen molar-refractivity contribution in [3.05, 3.63) is 29.6 Å². The molecule has 1 aliphatic carbocycles. The summed E-state index contributed by atoms with van der Waals surface area (Å²) in [5.41, 5.74) is 11.6. The van der Waals surface area contributed by atoms with Crippen LogP contribution in [0.2, 0.25) is 0 Å². The first-order chi connectivity index (χ1) is 8.11. The average Bonchev–Trinajstić information content (AvgIpc) is 3.11. The highest BCUT2D eigenvalue weighted by atomic mass is 19.1. The van der Waals surface area contributed by atoms with Crippen molar-refractivity contribution in [2.75, 3.05) is 11.9 Å². The van der Waals surface area contributed by atoms with Gasteiger partial charge in [-0.05, 0) is 37.0 Å². The SMILES string of the molecule is NCC(Nc1ccc(F)cc1C(N)=O)C1CC1. The molecule has 1 aromatic rings. The third-order valence-corrected chi connectivity index (χ3v) is 3.03. The number of hydrogen-bond donors (Lipinski definition) is 3. The van der Waals surface area contributed by atoms with E-state index in [2.05, 4.69) is 5.32 Å². The Hall–Kier alpha value is -1.62. The highest BCUT2D eigenvalue weighted by Crippen LogP contribution is 2.34. The summed E-state index contributed by atoms with van der Waals surface area (Å²) in [6.45, 7) is 0.486. The Morgan fingerprint density at radius 2 is 2.24 bits per heavy atom. The lowest BCUT2D eigenvalue weighted by Gasteiger charge is -2.19. The number of benzene rings is 1. The number of nitrogens with two attached hydrogens (primary N) is 2. The van der Waals surface area contributed by atoms with E-state index in [4.69, 9.17) is 11.5 Å². The lowest BCUT2D eigenvalue weighted by atomic mass is 10.1. The molecule has 92 valence electrons. The van der Waals surface area contributed by atoms with E-state index in [1.54, 1.807) is 0 Å². The predicted octanol–water partition coefficient (Wildman–Crippen LogP) is 1.07. The number of primary amides is 1. The van der Waals surface area contributed by atoms with E-state index in [9.17, 15) is 9.18 Å². The number of nitrogens with one attached hydrogen (secondary N) is 1. The Labute approximate surface area is 99.2 Å². The van der Waals surface area contributed by atoms with E-state index in [-0.39, 0.29) is 11.6 Å². The van der Waals surface area contributed by atoms with Gasteiger partial charge >= 0.3 is 0 Å². The van der Waals surface area contributed by atoms with Gasteiger partial charge in [0.2, 0.25) is 0 Å². The van der Waals surface area contributed by atoms with Gasteiger partial charge in [-0.15, -0.1) is 0 Å². The molecule has 1 aliphatic rings. The number of hydrogen-bond acceptors (Lipinski definition) is 3. The van der Waals surface area contributed by atoms with E-state index in [0.717, 1.165) is 18.9 Å². The minimum atomic E-state index is -0.640. The zero-order valence-corrected chi connectivity index (χ0v) is 9.45. The summed E-state index contributed by atoms with van der Waals surface area (Å²) in [6, 6.07) is 4.10. The molecule has 2 rings (SSSR count). The first-order valence-electron chi connectivity index (χ1n) is 5.67. The Morgan fingerprint density at radius 3 is 2.76 bits per heavy atom. The van der Waals surface area contributed by atoms with E-state index < -0.39 is 11.7 Å². The second kappa shape index (κ2) is 4.71. The third kappa shape index (κ3) is 2.74. The van der Waals surface area contributed by atoms with Gasteiger partial charge in [0.1, 0.15) is 5.82 Å². The van der Waals surface area contributed by atoms with Crippen molar-refractivity contribution in [1.29, 1.82) is 0 Å². The van der Waals surface area contributed by atoms with Crippen LogP contribution in [0.25, 0.3) is 0 Å². The summed E-state index contributed by atoms with van der Waals surface area (Å²) >= 11 is 0. The number of carbonyl (C=O) groups excluding carboxylic acids is 1. The van der Waals surface area contributed by atoms with Crippen molar-refractivity contribution in [3.8, 4) is 0 Å². The van der Waals surface area contributed by atoms with Crippen LogP contribution in [0.4, 0.5) is 10.1 Å². The van der Waals surface area contributed by atoms with Crippen LogP contribution in [0.3, 0.4) is 0 Å². The summed E-state index contributed by atoms with van der Waals surface area (Å²) < 4.78 is 13.0. The highest BCUT2D eigenvalue weighted by molar-refractivity contribution is 5.98. The predicted molar refractivity (Wildman–Crippen MR) is 64.1 cm³/mol. The fourth-order valence-electron chi connectivity index (χ4n) is 1.91. The Kier molecular flexibility index (Phi) is 3.28. The summed E-state index contributed by atoms with van der Waals surface area (Å²) in [6.07, 6.45) is 2.28. The van der Waals surface area contributed by atoms with Gasteiger partial charge in [0.05, 0.1) is 5.56 Å².